The van der Waals surface area contributed by atoms with Gasteiger partial charge in [0.1, 0.15) is 5.69 Å². The van der Waals surface area contributed by atoms with E-state index >= 15 is 0 Å². The quantitative estimate of drug-likeness (QED) is 0.943. The maximum Gasteiger partial charge on any atom is 0.272 e. The van der Waals surface area contributed by atoms with Gasteiger partial charge >= 0.3 is 0 Å². The van der Waals surface area contributed by atoms with Gasteiger partial charge < -0.3 is 9.88 Å². The lowest BCUT2D eigenvalue weighted by Gasteiger charge is -2.26. The molecule has 0 spiro atoms. The number of carbonyl (C=O) groups is 1. The normalized spacial score (nSPS) is 21.5. The van der Waals surface area contributed by atoms with E-state index in [-0.39, 0.29) is 11.9 Å². The monoisotopic (exact) mass is 299 g/mol. The van der Waals surface area contributed by atoms with Gasteiger partial charge in [0.2, 0.25) is 0 Å². The molecule has 1 N–H and O–H groups in total. The Balaban J connectivity index is 1.80. The first-order valence-electron chi connectivity index (χ1n) is 7.73. The third-order valence-electron chi connectivity index (χ3n) is 4.32. The van der Waals surface area contributed by atoms with Crippen molar-refractivity contribution in [2.24, 2.45) is 13.0 Å². The first kappa shape index (κ1) is 14.7. The van der Waals surface area contributed by atoms with E-state index in [1.54, 1.807) is 24.9 Å². The molecule has 0 atom stereocenters. The van der Waals surface area contributed by atoms with Crippen molar-refractivity contribution in [3.63, 3.8) is 0 Å². The summed E-state index contributed by atoms with van der Waals surface area (Å²) in [6, 6.07) is 0.241. The molecule has 1 fully saturated rings. The van der Waals surface area contributed by atoms with E-state index in [0.717, 1.165) is 24.5 Å². The van der Waals surface area contributed by atoms with Gasteiger partial charge in [0.15, 0.2) is 5.69 Å². The first-order chi connectivity index (χ1) is 10.6. The molecular weight excluding hydrogens is 278 g/mol. The topological polar surface area (TPSA) is 72.7 Å². The maximum atomic E-state index is 12.6. The van der Waals surface area contributed by atoms with Crippen LogP contribution in [0.5, 0.6) is 0 Å². The van der Waals surface area contributed by atoms with Crippen LogP contribution >= 0.6 is 0 Å². The number of nitrogens with zero attached hydrogens (tertiary/aromatic N) is 4. The molecule has 1 saturated carbocycles. The highest BCUT2D eigenvalue weighted by atomic mass is 16.2. The van der Waals surface area contributed by atoms with E-state index in [2.05, 4.69) is 27.2 Å². The van der Waals surface area contributed by atoms with Crippen LogP contribution in [0.1, 0.15) is 43.1 Å². The molecule has 3 rings (SSSR count). The summed E-state index contributed by atoms with van der Waals surface area (Å²) >= 11 is 0. The Labute approximate surface area is 130 Å². The van der Waals surface area contributed by atoms with Crippen molar-refractivity contribution in [3.8, 4) is 11.4 Å². The number of aromatic nitrogens is 4. The highest BCUT2D eigenvalue weighted by Gasteiger charge is 2.23. The second-order valence-electron chi connectivity index (χ2n) is 6.07. The fraction of sp³-hybridized carbons (Fsp3) is 0.500. The number of imidazole rings is 1. The molecule has 1 aliphatic carbocycles. The van der Waals surface area contributed by atoms with E-state index in [4.69, 9.17) is 0 Å². The standard InChI is InChI=1S/C16H21N5O/c1-11-3-5-12(6-4-11)20-16(22)15-14(18-7-8-19-15)13-9-17-10-21(13)2/h7-12H,3-6H2,1-2H3,(H,20,22). The van der Waals surface area contributed by atoms with Gasteiger partial charge in [-0.1, -0.05) is 6.92 Å². The van der Waals surface area contributed by atoms with Gasteiger partial charge in [0.25, 0.3) is 5.91 Å². The van der Waals surface area contributed by atoms with Gasteiger partial charge in [-0.05, 0) is 31.6 Å². The maximum absolute atomic E-state index is 12.6. The second kappa shape index (κ2) is 6.25. The van der Waals surface area contributed by atoms with Crippen LogP contribution in [0.15, 0.2) is 24.9 Å². The predicted octanol–water partition coefficient (Wildman–Crippen LogP) is 2.19. The molecule has 2 aromatic heterocycles. The highest BCUT2D eigenvalue weighted by molar-refractivity contribution is 5.97. The number of amides is 1. The van der Waals surface area contributed by atoms with Crippen LogP contribution in [0.3, 0.4) is 0 Å². The van der Waals surface area contributed by atoms with Crippen molar-refractivity contribution in [3.05, 3.63) is 30.6 Å². The molecule has 0 unspecified atom stereocenters. The second-order valence-corrected chi connectivity index (χ2v) is 6.07. The number of carbonyl (C=O) groups excluding carboxylic acids is 1. The molecular formula is C16H21N5O. The summed E-state index contributed by atoms with van der Waals surface area (Å²) < 4.78 is 1.84. The van der Waals surface area contributed by atoms with Gasteiger partial charge in [0.05, 0.1) is 18.2 Å². The first-order valence-corrected chi connectivity index (χ1v) is 7.73. The average molecular weight is 299 g/mol. The molecule has 0 aromatic carbocycles. The van der Waals surface area contributed by atoms with Crippen molar-refractivity contribution in [1.82, 2.24) is 24.8 Å². The lowest BCUT2D eigenvalue weighted by Crippen LogP contribution is -2.38. The number of hydrogen-bond donors (Lipinski definition) is 1. The highest BCUT2D eigenvalue weighted by Crippen LogP contribution is 2.24. The van der Waals surface area contributed by atoms with Gasteiger partial charge in [-0.3, -0.25) is 9.78 Å². The van der Waals surface area contributed by atoms with Crippen LogP contribution in [0.25, 0.3) is 11.4 Å². The van der Waals surface area contributed by atoms with Gasteiger partial charge in [-0.2, -0.15) is 0 Å². The van der Waals surface area contributed by atoms with Crippen molar-refractivity contribution in [1.29, 1.82) is 0 Å². The molecule has 0 aliphatic heterocycles. The number of nitrogens with one attached hydrogen (secondary N) is 1. The number of aryl methyl sites for hydroxylation is 1. The Hall–Kier alpha value is -2.24. The van der Waals surface area contributed by atoms with E-state index in [0.29, 0.717) is 11.4 Å². The molecule has 22 heavy (non-hydrogen) atoms. The minimum absolute atomic E-state index is 0.149. The van der Waals surface area contributed by atoms with Crippen LogP contribution < -0.4 is 5.32 Å². The fourth-order valence-corrected chi connectivity index (χ4v) is 2.94. The molecule has 116 valence electrons. The molecule has 6 heteroatoms. The summed E-state index contributed by atoms with van der Waals surface area (Å²) in [6.07, 6.45) is 10.9. The Bertz CT molecular complexity index is 658. The van der Waals surface area contributed by atoms with Gasteiger partial charge in [-0.15, -0.1) is 0 Å². The zero-order chi connectivity index (χ0) is 15.5. The summed E-state index contributed by atoms with van der Waals surface area (Å²) in [7, 11) is 1.88. The zero-order valence-electron chi connectivity index (χ0n) is 13.0. The van der Waals surface area contributed by atoms with Crippen LogP contribution in [-0.2, 0) is 7.05 Å². The van der Waals surface area contributed by atoms with Gasteiger partial charge in [0, 0.05) is 25.5 Å². The summed E-state index contributed by atoms with van der Waals surface area (Å²) in [5, 5.41) is 3.11. The van der Waals surface area contributed by atoms with Crippen LogP contribution in [0.4, 0.5) is 0 Å². The molecule has 2 heterocycles. The van der Waals surface area contributed by atoms with Crippen LogP contribution in [0, 0.1) is 5.92 Å². The predicted molar refractivity (Wildman–Crippen MR) is 83.1 cm³/mol. The average Bonchev–Trinajstić information content (AvgIpc) is 2.95. The molecule has 6 nitrogen and oxygen atoms in total. The molecule has 1 aliphatic rings. The molecule has 2 aromatic rings. The smallest absolute Gasteiger partial charge is 0.272 e. The molecule has 0 bridgehead atoms. The third kappa shape index (κ3) is 3.00. The van der Waals surface area contributed by atoms with E-state index in [1.165, 1.54) is 12.8 Å². The molecule has 1 amide bonds. The van der Waals surface area contributed by atoms with E-state index in [9.17, 15) is 4.79 Å². The van der Waals surface area contributed by atoms with Crippen molar-refractivity contribution in [2.45, 2.75) is 38.6 Å². The van der Waals surface area contributed by atoms with Crippen molar-refractivity contribution >= 4 is 5.91 Å². The summed E-state index contributed by atoms with van der Waals surface area (Å²) in [5.41, 5.74) is 1.73. The van der Waals surface area contributed by atoms with E-state index < -0.39 is 0 Å². The minimum Gasteiger partial charge on any atom is -0.348 e. The van der Waals surface area contributed by atoms with Crippen LogP contribution in [-0.4, -0.2) is 31.5 Å². The van der Waals surface area contributed by atoms with Crippen molar-refractivity contribution < 1.29 is 4.79 Å². The summed E-state index contributed by atoms with van der Waals surface area (Å²) in [6.45, 7) is 2.27. The fourth-order valence-electron chi connectivity index (χ4n) is 2.94. The largest absolute Gasteiger partial charge is 0.348 e. The third-order valence-corrected chi connectivity index (χ3v) is 4.32. The Morgan fingerprint density at radius 2 is 1.95 bits per heavy atom. The van der Waals surface area contributed by atoms with E-state index in [1.807, 2.05) is 11.6 Å². The van der Waals surface area contributed by atoms with Gasteiger partial charge in [-0.25, -0.2) is 9.97 Å². The minimum atomic E-state index is -0.149. The SMILES string of the molecule is CC1CCC(NC(=O)c2nccnc2-c2cncn2C)CC1. The molecule has 0 saturated heterocycles. The Kier molecular flexibility index (Phi) is 4.18. The number of hydrogen-bond acceptors (Lipinski definition) is 4. The molecule has 0 radical (unpaired) electrons. The Morgan fingerprint density at radius 1 is 1.23 bits per heavy atom. The Morgan fingerprint density at radius 3 is 2.64 bits per heavy atom. The lowest BCUT2D eigenvalue weighted by molar-refractivity contribution is 0.0918. The number of rotatable bonds is 3. The van der Waals surface area contributed by atoms with Crippen LogP contribution in [0.2, 0.25) is 0 Å². The summed E-state index contributed by atoms with van der Waals surface area (Å²) in [5.74, 6) is 0.610. The zero-order valence-corrected chi connectivity index (χ0v) is 13.0. The lowest BCUT2D eigenvalue weighted by atomic mass is 9.87. The summed E-state index contributed by atoms with van der Waals surface area (Å²) in [4.78, 5) is 25.2. The van der Waals surface area contributed by atoms with Crippen molar-refractivity contribution in [2.75, 3.05) is 0 Å².